The van der Waals surface area contributed by atoms with Crippen molar-refractivity contribution < 1.29 is 14.3 Å². The number of ether oxygens (including phenoxy) is 2. The van der Waals surface area contributed by atoms with Crippen LogP contribution in [0.2, 0.25) is 0 Å². The second kappa shape index (κ2) is 3.70. The van der Waals surface area contributed by atoms with E-state index in [0.29, 0.717) is 5.76 Å². The largest absolute Gasteiger partial charge is 0.452 e. The first-order valence-corrected chi connectivity index (χ1v) is 4.41. The van der Waals surface area contributed by atoms with Crippen molar-refractivity contribution in [2.75, 3.05) is 0 Å². The first kappa shape index (κ1) is 10.6. The van der Waals surface area contributed by atoms with E-state index in [9.17, 15) is 4.79 Å². The number of esters is 1. The molecule has 0 atom stereocenters. The van der Waals surface area contributed by atoms with Crippen LogP contribution < -0.4 is 0 Å². The summed E-state index contributed by atoms with van der Waals surface area (Å²) < 4.78 is 10.4. The van der Waals surface area contributed by atoms with Crippen molar-refractivity contribution >= 4 is 5.97 Å². The Balaban J connectivity index is 2.95. The van der Waals surface area contributed by atoms with Gasteiger partial charge in [0.2, 0.25) is 5.79 Å². The predicted octanol–water partition coefficient (Wildman–Crippen LogP) is 2.31. The van der Waals surface area contributed by atoms with Crippen LogP contribution in [-0.2, 0) is 14.3 Å². The van der Waals surface area contributed by atoms with Gasteiger partial charge in [-0.05, 0) is 13.0 Å². The molecule has 0 unspecified atom stereocenters. The minimum absolute atomic E-state index is 0.252. The monoisotopic (exact) mass is 194 g/mol. The third kappa shape index (κ3) is 2.25. The zero-order chi connectivity index (χ0) is 10.8. The van der Waals surface area contributed by atoms with Gasteiger partial charge in [0.25, 0.3) is 0 Å². The van der Waals surface area contributed by atoms with E-state index >= 15 is 0 Å². The highest BCUT2D eigenvalue weighted by atomic mass is 16.7. The molecular formula is C11H14O3. The molecule has 1 aliphatic rings. The average Bonchev–Trinajstić information content (AvgIpc) is 2.08. The molecule has 1 heterocycles. The summed E-state index contributed by atoms with van der Waals surface area (Å²) in [6, 6.07) is 0. The lowest BCUT2D eigenvalue weighted by molar-refractivity contribution is -0.208. The van der Waals surface area contributed by atoms with Gasteiger partial charge in [-0.3, -0.25) is 0 Å². The van der Waals surface area contributed by atoms with E-state index in [1.165, 1.54) is 0 Å². The minimum atomic E-state index is -0.911. The van der Waals surface area contributed by atoms with Crippen LogP contribution in [0.25, 0.3) is 0 Å². The highest BCUT2D eigenvalue weighted by Crippen LogP contribution is 2.28. The van der Waals surface area contributed by atoms with E-state index in [1.807, 2.05) is 13.0 Å². The minimum Gasteiger partial charge on any atom is -0.452 e. The second-order valence-corrected chi connectivity index (χ2v) is 3.43. The summed E-state index contributed by atoms with van der Waals surface area (Å²) in [5.74, 6) is -0.882. The van der Waals surface area contributed by atoms with Crippen molar-refractivity contribution in [2.45, 2.75) is 26.6 Å². The Morgan fingerprint density at radius 3 is 2.57 bits per heavy atom. The van der Waals surface area contributed by atoms with Crippen LogP contribution in [-0.4, -0.2) is 11.8 Å². The number of carbonyl (C=O) groups excluding carboxylic acids is 1. The molecule has 1 rings (SSSR count). The summed E-state index contributed by atoms with van der Waals surface area (Å²) in [5, 5.41) is 0. The van der Waals surface area contributed by atoms with Crippen LogP contribution in [0.3, 0.4) is 0 Å². The molecule has 0 saturated carbocycles. The van der Waals surface area contributed by atoms with Gasteiger partial charge in [0.05, 0.1) is 5.57 Å². The third-order valence-electron chi connectivity index (χ3n) is 1.68. The maximum Gasteiger partial charge on any atom is 0.344 e. The Morgan fingerprint density at radius 1 is 1.36 bits per heavy atom. The summed E-state index contributed by atoms with van der Waals surface area (Å²) in [5.41, 5.74) is 0.252. The van der Waals surface area contributed by atoms with Crippen LogP contribution in [0.15, 0.2) is 36.1 Å². The van der Waals surface area contributed by atoms with Crippen molar-refractivity contribution in [1.29, 1.82) is 0 Å². The molecule has 0 aromatic rings. The third-order valence-corrected chi connectivity index (χ3v) is 1.68. The Labute approximate surface area is 83.7 Å². The van der Waals surface area contributed by atoms with Gasteiger partial charge in [-0.25, -0.2) is 4.79 Å². The van der Waals surface area contributed by atoms with Crippen LogP contribution in [0.5, 0.6) is 0 Å². The Kier molecular flexibility index (Phi) is 2.79. The van der Waals surface area contributed by atoms with Gasteiger partial charge >= 0.3 is 5.97 Å². The summed E-state index contributed by atoms with van der Waals surface area (Å²) in [4.78, 5) is 11.3. The number of hydrogen-bond donors (Lipinski definition) is 0. The highest BCUT2D eigenvalue weighted by Gasteiger charge is 2.34. The molecule has 1 saturated heterocycles. The zero-order valence-corrected chi connectivity index (χ0v) is 8.66. The topological polar surface area (TPSA) is 35.5 Å². The quantitative estimate of drug-likeness (QED) is 0.474. The summed E-state index contributed by atoms with van der Waals surface area (Å²) in [6.45, 7) is 8.84. The van der Waals surface area contributed by atoms with Gasteiger partial charge in [0.15, 0.2) is 0 Å². The predicted molar refractivity (Wildman–Crippen MR) is 53.3 cm³/mol. The molecular weight excluding hydrogens is 180 g/mol. The van der Waals surface area contributed by atoms with Crippen LogP contribution in [0.4, 0.5) is 0 Å². The Hall–Kier alpha value is -1.51. The lowest BCUT2D eigenvalue weighted by Crippen LogP contribution is -2.37. The van der Waals surface area contributed by atoms with E-state index in [4.69, 9.17) is 9.47 Å². The smallest absolute Gasteiger partial charge is 0.344 e. The first-order chi connectivity index (χ1) is 6.46. The molecule has 1 fully saturated rings. The lowest BCUT2D eigenvalue weighted by atomic mass is 10.2. The fourth-order valence-corrected chi connectivity index (χ4v) is 1.05. The van der Waals surface area contributed by atoms with Gasteiger partial charge in [-0.15, -0.1) is 0 Å². The molecule has 0 bridgehead atoms. The van der Waals surface area contributed by atoms with E-state index in [0.717, 1.165) is 0 Å². The zero-order valence-electron chi connectivity index (χ0n) is 8.66. The van der Waals surface area contributed by atoms with Gasteiger partial charge in [-0.1, -0.05) is 18.7 Å². The molecule has 3 heteroatoms. The number of allylic oxidation sites excluding steroid dienone is 3. The molecule has 0 radical (unpaired) electrons. The van der Waals surface area contributed by atoms with Gasteiger partial charge < -0.3 is 9.47 Å². The van der Waals surface area contributed by atoms with E-state index in [-0.39, 0.29) is 5.57 Å². The van der Waals surface area contributed by atoms with Crippen molar-refractivity contribution in [3.05, 3.63) is 36.1 Å². The van der Waals surface area contributed by atoms with Crippen molar-refractivity contribution in [1.82, 2.24) is 0 Å². The highest BCUT2D eigenvalue weighted by molar-refractivity contribution is 5.93. The molecule has 0 amide bonds. The normalized spacial score (nSPS) is 23.8. The SMILES string of the molecule is C=C1C(=O)OC(C)(C)O/C1=C/C=C\C. The molecule has 76 valence electrons. The number of rotatable bonds is 1. The summed E-state index contributed by atoms with van der Waals surface area (Å²) in [6.07, 6.45) is 5.33. The van der Waals surface area contributed by atoms with Crippen molar-refractivity contribution in [3.63, 3.8) is 0 Å². The van der Waals surface area contributed by atoms with Gasteiger partial charge in [-0.2, -0.15) is 0 Å². The maximum absolute atomic E-state index is 11.3. The van der Waals surface area contributed by atoms with Crippen LogP contribution in [0.1, 0.15) is 20.8 Å². The molecule has 14 heavy (non-hydrogen) atoms. The standard InChI is InChI=1S/C11H14O3/c1-5-6-7-9-8(2)10(12)14-11(3,4)13-9/h5-7H,2H2,1,3-4H3/b6-5-,9-7+. The number of carbonyl (C=O) groups is 1. The Morgan fingerprint density at radius 2 is 2.00 bits per heavy atom. The maximum atomic E-state index is 11.3. The van der Waals surface area contributed by atoms with E-state index in [1.54, 1.807) is 26.0 Å². The molecule has 0 N–H and O–H groups in total. The first-order valence-electron chi connectivity index (χ1n) is 4.41. The molecule has 0 aromatic carbocycles. The number of cyclic esters (lactones) is 1. The van der Waals surface area contributed by atoms with Crippen LogP contribution in [0, 0.1) is 0 Å². The molecule has 0 spiro atoms. The fraction of sp³-hybridized carbons (Fsp3) is 0.364. The summed E-state index contributed by atoms with van der Waals surface area (Å²) >= 11 is 0. The van der Waals surface area contributed by atoms with Crippen molar-refractivity contribution in [2.24, 2.45) is 0 Å². The second-order valence-electron chi connectivity index (χ2n) is 3.43. The Bertz CT molecular complexity index is 321. The molecule has 3 nitrogen and oxygen atoms in total. The molecule has 1 aliphatic heterocycles. The summed E-state index contributed by atoms with van der Waals surface area (Å²) in [7, 11) is 0. The average molecular weight is 194 g/mol. The van der Waals surface area contributed by atoms with Crippen molar-refractivity contribution in [3.8, 4) is 0 Å². The fourth-order valence-electron chi connectivity index (χ4n) is 1.05. The lowest BCUT2D eigenvalue weighted by Gasteiger charge is -2.32. The molecule has 0 aromatic heterocycles. The van der Waals surface area contributed by atoms with E-state index in [2.05, 4.69) is 6.58 Å². The van der Waals surface area contributed by atoms with Gasteiger partial charge in [0.1, 0.15) is 5.76 Å². The van der Waals surface area contributed by atoms with Gasteiger partial charge in [0, 0.05) is 13.8 Å². The van der Waals surface area contributed by atoms with E-state index < -0.39 is 11.8 Å². The number of hydrogen-bond acceptors (Lipinski definition) is 3. The molecule has 0 aliphatic carbocycles. The van der Waals surface area contributed by atoms with Crippen LogP contribution >= 0.6 is 0 Å².